The maximum absolute atomic E-state index is 12.1. The molecule has 0 bridgehead atoms. The van der Waals surface area contributed by atoms with Gasteiger partial charge in [-0.15, -0.1) is 0 Å². The van der Waals surface area contributed by atoms with Crippen LogP contribution in [-0.2, 0) is 9.53 Å². The molecule has 0 saturated carbocycles. The molecule has 0 fully saturated rings. The second kappa shape index (κ2) is 6.38. The topological polar surface area (TPSA) is 84.9 Å². The van der Waals surface area contributed by atoms with Crippen molar-refractivity contribution in [2.45, 2.75) is 19.4 Å². The lowest BCUT2D eigenvalue weighted by molar-refractivity contribution is -0.145. The summed E-state index contributed by atoms with van der Waals surface area (Å²) >= 11 is 0. The Hall–Kier alpha value is -2.08. The number of carbonyl (C=O) groups excluding carboxylic acids is 1. The maximum atomic E-state index is 12.1. The number of hydrogen-bond acceptors (Lipinski definition) is 4. The largest absolute Gasteiger partial charge is 0.496 e. The minimum absolute atomic E-state index is 0.128. The van der Waals surface area contributed by atoms with Gasteiger partial charge in [0, 0.05) is 12.7 Å². The fourth-order valence-corrected chi connectivity index (χ4v) is 1.72. The highest BCUT2D eigenvalue weighted by atomic mass is 16.5. The first-order chi connectivity index (χ1) is 9.34. The van der Waals surface area contributed by atoms with E-state index in [1.165, 1.54) is 21.1 Å². The molecule has 1 unspecified atom stereocenters. The number of rotatable bonds is 6. The van der Waals surface area contributed by atoms with Crippen LogP contribution in [0.3, 0.4) is 0 Å². The fraction of sp³-hybridized carbons (Fsp3) is 0.429. The average molecular weight is 281 g/mol. The van der Waals surface area contributed by atoms with Crippen LogP contribution < -0.4 is 10.1 Å². The first-order valence-corrected chi connectivity index (χ1v) is 6.03. The van der Waals surface area contributed by atoms with E-state index in [9.17, 15) is 14.7 Å². The number of ether oxygens (including phenoxy) is 2. The third-order valence-electron chi connectivity index (χ3n) is 2.96. The van der Waals surface area contributed by atoms with Gasteiger partial charge in [0.15, 0.2) is 5.54 Å². The lowest BCUT2D eigenvalue weighted by Crippen LogP contribution is -2.55. The summed E-state index contributed by atoms with van der Waals surface area (Å²) in [6.45, 7) is 3.12. The van der Waals surface area contributed by atoms with Crippen molar-refractivity contribution in [2.24, 2.45) is 0 Å². The van der Waals surface area contributed by atoms with Crippen LogP contribution >= 0.6 is 0 Å². The van der Waals surface area contributed by atoms with Crippen LogP contribution in [-0.4, -0.2) is 43.3 Å². The van der Waals surface area contributed by atoms with Gasteiger partial charge in [0.2, 0.25) is 0 Å². The predicted molar refractivity (Wildman–Crippen MR) is 73.1 cm³/mol. The summed E-state index contributed by atoms with van der Waals surface area (Å²) < 4.78 is 9.99. The number of methoxy groups -OCH3 is 2. The minimum atomic E-state index is -1.48. The van der Waals surface area contributed by atoms with E-state index in [-0.39, 0.29) is 6.61 Å². The van der Waals surface area contributed by atoms with Crippen LogP contribution in [0.1, 0.15) is 22.8 Å². The third kappa shape index (κ3) is 3.48. The van der Waals surface area contributed by atoms with Gasteiger partial charge in [-0.3, -0.25) is 4.79 Å². The van der Waals surface area contributed by atoms with Crippen LogP contribution in [0.15, 0.2) is 18.2 Å². The summed E-state index contributed by atoms with van der Waals surface area (Å²) in [7, 11) is 2.89. The van der Waals surface area contributed by atoms with Gasteiger partial charge >= 0.3 is 5.97 Å². The van der Waals surface area contributed by atoms with E-state index in [1.807, 2.05) is 6.92 Å². The molecule has 110 valence electrons. The summed E-state index contributed by atoms with van der Waals surface area (Å²) in [5.41, 5.74) is -0.262. The molecule has 0 saturated heterocycles. The van der Waals surface area contributed by atoms with Crippen LogP contribution in [0.25, 0.3) is 0 Å². The molecule has 0 radical (unpaired) electrons. The van der Waals surface area contributed by atoms with Crippen LogP contribution in [0, 0.1) is 6.92 Å². The molecule has 6 heteroatoms. The second-order valence-electron chi connectivity index (χ2n) is 4.71. The van der Waals surface area contributed by atoms with E-state index in [2.05, 4.69) is 5.32 Å². The molecule has 1 atom stereocenters. The molecule has 0 aromatic heterocycles. The van der Waals surface area contributed by atoms with E-state index in [1.54, 1.807) is 18.2 Å². The van der Waals surface area contributed by atoms with Gasteiger partial charge in [0.1, 0.15) is 5.75 Å². The summed E-state index contributed by atoms with van der Waals surface area (Å²) in [6, 6.07) is 4.92. The second-order valence-corrected chi connectivity index (χ2v) is 4.71. The standard InChI is InChI=1S/C14H19NO5/c1-9-5-6-10(7-11(9)20-4)12(16)15-14(2,8-19-3)13(17)18/h5-7H,8H2,1-4H3,(H,15,16)(H,17,18). The number of hydrogen-bond donors (Lipinski definition) is 2. The fourth-order valence-electron chi connectivity index (χ4n) is 1.72. The Morgan fingerprint density at radius 2 is 2.00 bits per heavy atom. The highest BCUT2D eigenvalue weighted by molar-refractivity contribution is 5.98. The Balaban J connectivity index is 2.98. The number of aryl methyl sites for hydroxylation is 1. The zero-order valence-electron chi connectivity index (χ0n) is 12.0. The first kappa shape index (κ1) is 16.0. The lowest BCUT2D eigenvalue weighted by Gasteiger charge is -2.25. The maximum Gasteiger partial charge on any atom is 0.331 e. The SMILES string of the molecule is COCC(C)(NC(=O)c1ccc(C)c(OC)c1)C(=O)O. The molecular weight excluding hydrogens is 262 g/mol. The Bertz CT molecular complexity index is 514. The number of aliphatic carboxylic acids is 1. The van der Waals surface area contributed by atoms with E-state index >= 15 is 0 Å². The number of carbonyl (C=O) groups is 2. The van der Waals surface area contributed by atoms with Crippen molar-refractivity contribution in [1.82, 2.24) is 5.32 Å². The highest BCUT2D eigenvalue weighted by Crippen LogP contribution is 2.19. The smallest absolute Gasteiger partial charge is 0.331 e. The zero-order valence-corrected chi connectivity index (χ0v) is 12.0. The van der Waals surface area contributed by atoms with E-state index in [0.717, 1.165) is 5.56 Å². The number of nitrogens with one attached hydrogen (secondary N) is 1. The number of carboxylic acids is 1. The Labute approximate surface area is 117 Å². The molecule has 1 amide bonds. The van der Waals surface area contributed by atoms with E-state index in [4.69, 9.17) is 9.47 Å². The Kier molecular flexibility index (Phi) is 5.10. The first-order valence-electron chi connectivity index (χ1n) is 6.03. The molecule has 0 aliphatic rings. The number of benzene rings is 1. The van der Waals surface area contributed by atoms with Crippen molar-refractivity contribution >= 4 is 11.9 Å². The molecule has 1 aromatic rings. The molecule has 20 heavy (non-hydrogen) atoms. The van der Waals surface area contributed by atoms with Gasteiger partial charge in [0.05, 0.1) is 13.7 Å². The normalized spacial score (nSPS) is 13.4. The molecule has 1 aromatic carbocycles. The molecular formula is C14H19NO5. The van der Waals surface area contributed by atoms with Crippen molar-refractivity contribution in [1.29, 1.82) is 0 Å². The molecule has 0 aliphatic carbocycles. The average Bonchev–Trinajstić information content (AvgIpc) is 2.39. The quantitative estimate of drug-likeness (QED) is 0.819. The molecule has 0 aliphatic heterocycles. The van der Waals surface area contributed by atoms with E-state index in [0.29, 0.717) is 11.3 Å². The molecule has 0 spiro atoms. The van der Waals surface area contributed by atoms with Crippen LogP contribution in [0.2, 0.25) is 0 Å². The van der Waals surface area contributed by atoms with Crippen molar-refractivity contribution in [3.05, 3.63) is 29.3 Å². The number of carboxylic acid groups (broad SMARTS) is 1. The van der Waals surface area contributed by atoms with Gasteiger partial charge in [-0.25, -0.2) is 4.79 Å². The van der Waals surface area contributed by atoms with Crippen molar-refractivity contribution in [3.63, 3.8) is 0 Å². The molecule has 1 rings (SSSR count). The monoisotopic (exact) mass is 281 g/mol. The number of amides is 1. The van der Waals surface area contributed by atoms with Gasteiger partial charge < -0.3 is 19.9 Å². The molecule has 2 N–H and O–H groups in total. The van der Waals surface area contributed by atoms with Gasteiger partial charge in [0.25, 0.3) is 5.91 Å². The van der Waals surface area contributed by atoms with Crippen molar-refractivity contribution in [3.8, 4) is 5.75 Å². The van der Waals surface area contributed by atoms with Crippen LogP contribution in [0.5, 0.6) is 5.75 Å². The summed E-state index contributed by atoms with van der Waals surface area (Å²) in [5, 5.41) is 11.6. The molecule has 0 heterocycles. The lowest BCUT2D eigenvalue weighted by atomic mass is 10.0. The van der Waals surface area contributed by atoms with Gasteiger partial charge in [-0.1, -0.05) is 6.07 Å². The minimum Gasteiger partial charge on any atom is -0.496 e. The Morgan fingerprint density at radius 1 is 1.35 bits per heavy atom. The van der Waals surface area contributed by atoms with Crippen molar-refractivity contribution in [2.75, 3.05) is 20.8 Å². The molecule has 6 nitrogen and oxygen atoms in total. The predicted octanol–water partition coefficient (Wildman–Crippen LogP) is 1.22. The van der Waals surface area contributed by atoms with Crippen LogP contribution in [0.4, 0.5) is 0 Å². The van der Waals surface area contributed by atoms with Gasteiger partial charge in [-0.05, 0) is 31.5 Å². The van der Waals surface area contributed by atoms with E-state index < -0.39 is 17.4 Å². The highest BCUT2D eigenvalue weighted by Gasteiger charge is 2.35. The summed E-state index contributed by atoms with van der Waals surface area (Å²) in [5.74, 6) is -1.08. The summed E-state index contributed by atoms with van der Waals surface area (Å²) in [6.07, 6.45) is 0. The third-order valence-corrected chi connectivity index (χ3v) is 2.96. The van der Waals surface area contributed by atoms with Gasteiger partial charge in [-0.2, -0.15) is 0 Å². The zero-order chi connectivity index (χ0) is 15.3. The van der Waals surface area contributed by atoms with Crippen molar-refractivity contribution < 1.29 is 24.2 Å². The summed E-state index contributed by atoms with van der Waals surface area (Å²) in [4.78, 5) is 23.4. The Morgan fingerprint density at radius 3 is 2.50 bits per heavy atom.